The van der Waals surface area contributed by atoms with Gasteiger partial charge >= 0.3 is 0 Å². The second-order valence-corrected chi connectivity index (χ2v) is 4.56. The lowest BCUT2D eigenvalue weighted by Gasteiger charge is -1.95. The molecular weight excluding hydrogens is 246 g/mol. The van der Waals surface area contributed by atoms with Crippen molar-refractivity contribution in [1.82, 2.24) is 9.97 Å². The summed E-state index contributed by atoms with van der Waals surface area (Å²) < 4.78 is 0. The molecule has 0 bridgehead atoms. The van der Waals surface area contributed by atoms with Crippen molar-refractivity contribution in [2.75, 3.05) is 0 Å². The standard InChI is InChI=1S/C12H7N5S/c13-17-16-9-5-3-8(4-6-9)11-15-10-2-1-7-14-12(10)18-11/h1-7H. The smallest absolute Gasteiger partial charge is 0.143 e. The average Bonchev–Trinajstić information content (AvgIpc) is 2.84. The first-order valence-electron chi connectivity index (χ1n) is 5.24. The molecule has 0 unspecified atom stereocenters. The predicted octanol–water partition coefficient (Wildman–Crippen LogP) is 4.30. The zero-order valence-corrected chi connectivity index (χ0v) is 10.0. The van der Waals surface area contributed by atoms with E-state index in [1.54, 1.807) is 29.7 Å². The third-order valence-electron chi connectivity index (χ3n) is 2.44. The van der Waals surface area contributed by atoms with Crippen LogP contribution in [0.4, 0.5) is 5.69 Å². The molecule has 6 heteroatoms. The topological polar surface area (TPSA) is 74.5 Å². The minimum absolute atomic E-state index is 0.598. The minimum Gasteiger partial charge on any atom is -0.244 e. The highest BCUT2D eigenvalue weighted by Gasteiger charge is 2.06. The summed E-state index contributed by atoms with van der Waals surface area (Å²) in [4.78, 5) is 12.4. The summed E-state index contributed by atoms with van der Waals surface area (Å²) >= 11 is 1.54. The van der Waals surface area contributed by atoms with Crippen molar-refractivity contribution < 1.29 is 0 Å². The number of azide groups is 1. The van der Waals surface area contributed by atoms with Crippen LogP contribution in [0.1, 0.15) is 0 Å². The molecule has 0 fully saturated rings. The van der Waals surface area contributed by atoms with Gasteiger partial charge < -0.3 is 0 Å². The van der Waals surface area contributed by atoms with Crippen molar-refractivity contribution in [1.29, 1.82) is 0 Å². The van der Waals surface area contributed by atoms with Gasteiger partial charge in [-0.2, -0.15) is 0 Å². The summed E-state index contributed by atoms with van der Waals surface area (Å²) in [5, 5.41) is 4.45. The van der Waals surface area contributed by atoms with Crippen molar-refractivity contribution in [3.8, 4) is 10.6 Å². The van der Waals surface area contributed by atoms with Crippen LogP contribution in [-0.2, 0) is 0 Å². The number of hydrogen-bond acceptors (Lipinski definition) is 4. The minimum atomic E-state index is 0.598. The van der Waals surface area contributed by atoms with Crippen LogP contribution >= 0.6 is 11.3 Å². The first kappa shape index (κ1) is 10.7. The van der Waals surface area contributed by atoms with Gasteiger partial charge in [-0.05, 0) is 17.7 Å². The number of pyridine rings is 1. The molecule has 0 radical (unpaired) electrons. The average molecular weight is 253 g/mol. The van der Waals surface area contributed by atoms with E-state index < -0.39 is 0 Å². The summed E-state index contributed by atoms with van der Waals surface area (Å²) in [7, 11) is 0. The molecule has 0 aliphatic carbocycles. The Morgan fingerprint density at radius 1 is 1.17 bits per heavy atom. The number of nitrogens with zero attached hydrogens (tertiary/aromatic N) is 5. The van der Waals surface area contributed by atoms with Crippen LogP contribution in [-0.4, -0.2) is 9.97 Å². The van der Waals surface area contributed by atoms with Crippen LogP contribution in [0, 0.1) is 0 Å². The zero-order valence-electron chi connectivity index (χ0n) is 9.19. The molecule has 2 heterocycles. The van der Waals surface area contributed by atoms with Crippen LogP contribution in [0.2, 0.25) is 0 Å². The second kappa shape index (κ2) is 4.44. The lowest BCUT2D eigenvalue weighted by atomic mass is 10.2. The Kier molecular flexibility index (Phi) is 2.64. The van der Waals surface area contributed by atoms with E-state index in [0.717, 1.165) is 20.9 Å². The third-order valence-corrected chi connectivity index (χ3v) is 3.47. The summed E-state index contributed by atoms with van der Waals surface area (Å²) in [6.07, 6.45) is 1.76. The molecule has 18 heavy (non-hydrogen) atoms. The molecule has 1 aromatic carbocycles. The Bertz CT molecular complexity index is 708. The molecule has 3 rings (SSSR count). The Morgan fingerprint density at radius 2 is 2.00 bits per heavy atom. The molecule has 0 saturated carbocycles. The van der Waals surface area contributed by atoms with E-state index in [1.165, 1.54) is 0 Å². The summed E-state index contributed by atoms with van der Waals surface area (Å²) in [5.74, 6) is 0. The van der Waals surface area contributed by atoms with Gasteiger partial charge in [-0.25, -0.2) is 9.97 Å². The van der Waals surface area contributed by atoms with Crippen molar-refractivity contribution in [3.63, 3.8) is 0 Å². The predicted molar refractivity (Wildman–Crippen MR) is 71.7 cm³/mol. The summed E-state index contributed by atoms with van der Waals surface area (Å²) in [6.45, 7) is 0. The fourth-order valence-corrected chi connectivity index (χ4v) is 2.53. The Morgan fingerprint density at radius 3 is 2.72 bits per heavy atom. The number of benzene rings is 1. The highest BCUT2D eigenvalue weighted by atomic mass is 32.1. The molecule has 0 aliphatic rings. The van der Waals surface area contributed by atoms with Crippen molar-refractivity contribution >= 4 is 27.4 Å². The fourth-order valence-electron chi connectivity index (χ4n) is 1.62. The lowest BCUT2D eigenvalue weighted by molar-refractivity contribution is 1.40. The molecule has 86 valence electrons. The van der Waals surface area contributed by atoms with E-state index in [9.17, 15) is 0 Å². The molecule has 0 atom stereocenters. The highest BCUT2D eigenvalue weighted by Crippen LogP contribution is 2.29. The first-order chi connectivity index (χ1) is 8.86. The molecule has 0 N–H and O–H groups in total. The fraction of sp³-hybridized carbons (Fsp3) is 0. The van der Waals surface area contributed by atoms with E-state index in [1.807, 2.05) is 24.3 Å². The van der Waals surface area contributed by atoms with Gasteiger partial charge in [0.2, 0.25) is 0 Å². The van der Waals surface area contributed by atoms with Crippen LogP contribution in [0.15, 0.2) is 47.7 Å². The number of aromatic nitrogens is 2. The summed E-state index contributed by atoms with van der Waals surface area (Å²) in [5.41, 5.74) is 10.8. The summed E-state index contributed by atoms with van der Waals surface area (Å²) in [6, 6.07) is 11.1. The SMILES string of the molecule is [N-]=[N+]=Nc1ccc(-c2nc3cccnc3s2)cc1. The van der Waals surface area contributed by atoms with Crippen LogP contribution in [0.3, 0.4) is 0 Å². The van der Waals surface area contributed by atoms with E-state index in [2.05, 4.69) is 20.0 Å². The molecule has 3 aromatic rings. The number of rotatable bonds is 2. The lowest BCUT2D eigenvalue weighted by Crippen LogP contribution is -1.74. The number of thiazole rings is 1. The monoisotopic (exact) mass is 253 g/mol. The second-order valence-electron chi connectivity index (χ2n) is 3.58. The van der Waals surface area contributed by atoms with Crippen LogP contribution in [0.25, 0.3) is 31.4 Å². The Balaban J connectivity index is 2.05. The Hall–Kier alpha value is -2.43. The third kappa shape index (κ3) is 1.90. The molecule has 0 saturated heterocycles. The largest absolute Gasteiger partial charge is 0.244 e. The normalized spacial score (nSPS) is 10.2. The van der Waals surface area contributed by atoms with E-state index in [4.69, 9.17) is 5.53 Å². The van der Waals surface area contributed by atoms with Crippen molar-refractivity contribution in [2.24, 2.45) is 5.11 Å². The number of fused-ring (bicyclic) bond motifs is 1. The molecule has 0 spiro atoms. The van der Waals surface area contributed by atoms with Gasteiger partial charge in [-0.3, -0.25) is 0 Å². The Labute approximate surface area is 106 Å². The van der Waals surface area contributed by atoms with Gasteiger partial charge in [0.05, 0.1) is 0 Å². The van der Waals surface area contributed by atoms with Gasteiger partial charge in [0, 0.05) is 22.4 Å². The van der Waals surface area contributed by atoms with Gasteiger partial charge in [0.1, 0.15) is 15.4 Å². The molecular formula is C12H7N5S. The van der Waals surface area contributed by atoms with Gasteiger partial charge in [-0.15, -0.1) is 0 Å². The molecule has 2 aromatic heterocycles. The van der Waals surface area contributed by atoms with Crippen molar-refractivity contribution in [3.05, 3.63) is 53.0 Å². The molecule has 0 amide bonds. The maximum atomic E-state index is 8.34. The highest BCUT2D eigenvalue weighted by molar-refractivity contribution is 7.21. The zero-order chi connectivity index (χ0) is 12.4. The van der Waals surface area contributed by atoms with Crippen LogP contribution < -0.4 is 0 Å². The number of hydrogen-bond donors (Lipinski definition) is 0. The maximum Gasteiger partial charge on any atom is 0.143 e. The van der Waals surface area contributed by atoms with Crippen LogP contribution in [0.5, 0.6) is 0 Å². The molecule has 0 aliphatic heterocycles. The van der Waals surface area contributed by atoms with Gasteiger partial charge in [0.25, 0.3) is 0 Å². The molecule has 5 nitrogen and oxygen atoms in total. The van der Waals surface area contributed by atoms with Gasteiger partial charge in [-0.1, -0.05) is 40.7 Å². The maximum absolute atomic E-state index is 8.34. The van der Waals surface area contributed by atoms with Gasteiger partial charge in [0.15, 0.2) is 0 Å². The van der Waals surface area contributed by atoms with Crippen molar-refractivity contribution in [2.45, 2.75) is 0 Å². The van der Waals surface area contributed by atoms with E-state index >= 15 is 0 Å². The first-order valence-corrected chi connectivity index (χ1v) is 6.05. The van der Waals surface area contributed by atoms with E-state index in [0.29, 0.717) is 5.69 Å². The van der Waals surface area contributed by atoms with E-state index in [-0.39, 0.29) is 0 Å². The quantitative estimate of drug-likeness (QED) is 0.388.